The molecule has 0 aromatic heterocycles. The fourth-order valence-electron chi connectivity index (χ4n) is 2.31. The van der Waals surface area contributed by atoms with Crippen molar-refractivity contribution in [1.29, 1.82) is 0 Å². The van der Waals surface area contributed by atoms with Gasteiger partial charge in [-0.25, -0.2) is 0 Å². The summed E-state index contributed by atoms with van der Waals surface area (Å²) in [4.78, 5) is 0. The Morgan fingerprint density at radius 2 is 2.00 bits per heavy atom. The van der Waals surface area contributed by atoms with Crippen LogP contribution >= 0.6 is 15.9 Å². The molecule has 2 aromatic rings. The van der Waals surface area contributed by atoms with Crippen LogP contribution in [0.5, 0.6) is 5.75 Å². The second-order valence-electron chi connectivity index (χ2n) is 4.74. The van der Waals surface area contributed by atoms with Gasteiger partial charge in [0.2, 0.25) is 0 Å². The van der Waals surface area contributed by atoms with E-state index < -0.39 is 0 Å². The summed E-state index contributed by atoms with van der Waals surface area (Å²) in [5.74, 6) is 6.61. The average Bonchev–Trinajstić information content (AvgIpc) is 2.47. The van der Waals surface area contributed by atoms with Crippen molar-refractivity contribution in [3.63, 3.8) is 0 Å². The molecule has 0 aliphatic rings. The molecule has 0 radical (unpaired) electrons. The van der Waals surface area contributed by atoms with E-state index >= 15 is 0 Å². The summed E-state index contributed by atoms with van der Waals surface area (Å²) in [5.41, 5.74) is 6.49. The summed E-state index contributed by atoms with van der Waals surface area (Å²) in [6.07, 6.45) is 0.824. The third kappa shape index (κ3) is 3.39. The van der Waals surface area contributed by atoms with E-state index in [9.17, 15) is 0 Å². The molecule has 0 spiro atoms. The Morgan fingerprint density at radius 1 is 1.25 bits per heavy atom. The number of nitrogens with one attached hydrogen (secondary N) is 1. The van der Waals surface area contributed by atoms with E-state index in [1.807, 2.05) is 30.3 Å². The van der Waals surface area contributed by atoms with Crippen molar-refractivity contribution in [3.05, 3.63) is 63.6 Å². The van der Waals surface area contributed by atoms with E-state index in [2.05, 4.69) is 40.4 Å². The Morgan fingerprint density at radius 3 is 2.60 bits per heavy atom. The molecule has 4 heteroatoms. The molecular formula is C16H19BrN2O. The third-order valence-electron chi connectivity index (χ3n) is 3.44. The minimum Gasteiger partial charge on any atom is -0.497 e. The van der Waals surface area contributed by atoms with E-state index in [1.165, 1.54) is 16.7 Å². The molecule has 0 bridgehead atoms. The lowest BCUT2D eigenvalue weighted by molar-refractivity contribution is 0.414. The quantitative estimate of drug-likeness (QED) is 0.649. The minimum absolute atomic E-state index is 0.0691. The van der Waals surface area contributed by atoms with Crippen LogP contribution < -0.4 is 16.0 Å². The zero-order chi connectivity index (χ0) is 14.5. The zero-order valence-electron chi connectivity index (χ0n) is 11.7. The van der Waals surface area contributed by atoms with Gasteiger partial charge in [-0.15, -0.1) is 0 Å². The molecule has 1 unspecified atom stereocenters. The number of aryl methyl sites for hydroxylation is 1. The number of ether oxygens (including phenoxy) is 1. The molecule has 0 heterocycles. The molecule has 0 saturated carbocycles. The number of methoxy groups -OCH3 is 1. The van der Waals surface area contributed by atoms with Crippen molar-refractivity contribution in [1.82, 2.24) is 5.43 Å². The molecule has 3 N–H and O–H groups in total. The normalized spacial score (nSPS) is 12.2. The Bertz CT molecular complexity index is 586. The highest BCUT2D eigenvalue weighted by Gasteiger charge is 2.14. The smallest absolute Gasteiger partial charge is 0.119 e. The predicted molar refractivity (Wildman–Crippen MR) is 85.6 cm³/mol. The van der Waals surface area contributed by atoms with Crippen molar-refractivity contribution in [2.75, 3.05) is 7.11 Å². The Hall–Kier alpha value is -1.36. The number of halogens is 1. The average molecular weight is 335 g/mol. The first-order valence-corrected chi connectivity index (χ1v) is 7.29. The summed E-state index contributed by atoms with van der Waals surface area (Å²) < 4.78 is 6.34. The molecule has 0 aliphatic carbocycles. The van der Waals surface area contributed by atoms with Gasteiger partial charge in [-0.3, -0.25) is 11.3 Å². The van der Waals surface area contributed by atoms with Gasteiger partial charge in [0.1, 0.15) is 5.75 Å². The summed E-state index contributed by atoms with van der Waals surface area (Å²) in [5, 5.41) is 0. The molecule has 2 rings (SSSR count). The lowest BCUT2D eigenvalue weighted by Gasteiger charge is -2.20. The van der Waals surface area contributed by atoms with Crippen molar-refractivity contribution < 1.29 is 4.74 Å². The summed E-state index contributed by atoms with van der Waals surface area (Å²) in [7, 11) is 1.67. The molecule has 0 saturated heterocycles. The molecule has 1 atom stereocenters. The number of nitrogens with two attached hydrogens (primary N) is 1. The van der Waals surface area contributed by atoms with Gasteiger partial charge >= 0.3 is 0 Å². The molecule has 0 fully saturated rings. The number of benzene rings is 2. The number of hydrogen-bond donors (Lipinski definition) is 2. The zero-order valence-corrected chi connectivity index (χ0v) is 13.3. The van der Waals surface area contributed by atoms with Gasteiger partial charge in [-0.05, 0) is 48.2 Å². The van der Waals surface area contributed by atoms with Crippen molar-refractivity contribution >= 4 is 15.9 Å². The number of hydrazine groups is 1. The molecule has 0 amide bonds. The maximum Gasteiger partial charge on any atom is 0.119 e. The van der Waals surface area contributed by atoms with Gasteiger partial charge in [-0.1, -0.05) is 40.2 Å². The Balaban J connectivity index is 2.27. The van der Waals surface area contributed by atoms with Crippen LogP contribution in [0, 0.1) is 6.92 Å². The molecule has 106 valence electrons. The van der Waals surface area contributed by atoms with E-state index in [0.29, 0.717) is 0 Å². The van der Waals surface area contributed by atoms with Crippen molar-refractivity contribution in [2.45, 2.75) is 19.4 Å². The second-order valence-corrected chi connectivity index (χ2v) is 5.59. The van der Waals surface area contributed by atoms with Crippen molar-refractivity contribution in [2.24, 2.45) is 5.84 Å². The Kier molecular flexibility index (Phi) is 5.17. The van der Waals surface area contributed by atoms with Gasteiger partial charge in [0.15, 0.2) is 0 Å². The number of rotatable bonds is 5. The first kappa shape index (κ1) is 15.0. The van der Waals surface area contributed by atoms with Gasteiger partial charge < -0.3 is 4.74 Å². The first-order chi connectivity index (χ1) is 9.65. The predicted octanol–water partition coefficient (Wildman–Crippen LogP) is 3.51. The lowest BCUT2D eigenvalue weighted by Crippen LogP contribution is -2.30. The summed E-state index contributed by atoms with van der Waals surface area (Å²) in [6, 6.07) is 14.3. The van der Waals surface area contributed by atoms with Gasteiger partial charge in [0, 0.05) is 4.47 Å². The van der Waals surface area contributed by atoms with Crippen LogP contribution in [0.25, 0.3) is 0 Å². The lowest BCUT2D eigenvalue weighted by atomic mass is 9.95. The standard InChI is InChI=1S/C16H19BrN2O/c1-11-9-13(20-2)7-8-14(11)16(19-18)10-12-5-3-4-6-15(12)17/h3-9,16,19H,10,18H2,1-2H3. The fourth-order valence-corrected chi connectivity index (χ4v) is 2.76. The van der Waals surface area contributed by atoms with Crippen LogP contribution in [-0.2, 0) is 6.42 Å². The van der Waals surface area contributed by atoms with E-state index in [1.54, 1.807) is 7.11 Å². The highest BCUT2D eigenvalue weighted by atomic mass is 79.9. The first-order valence-electron chi connectivity index (χ1n) is 6.49. The monoisotopic (exact) mass is 334 g/mol. The van der Waals surface area contributed by atoms with Gasteiger partial charge in [0.25, 0.3) is 0 Å². The van der Waals surface area contributed by atoms with Crippen molar-refractivity contribution in [3.8, 4) is 5.75 Å². The van der Waals surface area contributed by atoms with Crippen LogP contribution in [-0.4, -0.2) is 7.11 Å². The maximum absolute atomic E-state index is 5.75. The summed E-state index contributed by atoms with van der Waals surface area (Å²) >= 11 is 3.58. The molecular weight excluding hydrogens is 316 g/mol. The van der Waals surface area contributed by atoms with Gasteiger partial charge in [0.05, 0.1) is 13.2 Å². The molecule has 3 nitrogen and oxygen atoms in total. The van der Waals surface area contributed by atoms with Crippen LogP contribution in [0.2, 0.25) is 0 Å². The molecule has 0 aliphatic heterocycles. The van der Waals surface area contributed by atoms with E-state index in [4.69, 9.17) is 10.6 Å². The summed E-state index contributed by atoms with van der Waals surface area (Å²) in [6.45, 7) is 2.07. The third-order valence-corrected chi connectivity index (χ3v) is 4.21. The van der Waals surface area contributed by atoms with Crippen LogP contribution in [0.15, 0.2) is 46.9 Å². The minimum atomic E-state index is 0.0691. The van der Waals surface area contributed by atoms with Gasteiger partial charge in [-0.2, -0.15) is 0 Å². The SMILES string of the molecule is COc1ccc(C(Cc2ccccc2Br)NN)c(C)c1. The topological polar surface area (TPSA) is 47.3 Å². The fraction of sp³-hybridized carbons (Fsp3) is 0.250. The molecule has 2 aromatic carbocycles. The molecule has 20 heavy (non-hydrogen) atoms. The number of hydrogen-bond acceptors (Lipinski definition) is 3. The van der Waals surface area contributed by atoms with E-state index in [0.717, 1.165) is 16.6 Å². The van der Waals surface area contributed by atoms with Crippen LogP contribution in [0.4, 0.5) is 0 Å². The highest BCUT2D eigenvalue weighted by molar-refractivity contribution is 9.10. The van der Waals surface area contributed by atoms with E-state index in [-0.39, 0.29) is 6.04 Å². The maximum atomic E-state index is 5.75. The largest absolute Gasteiger partial charge is 0.497 e. The van der Waals surface area contributed by atoms with Crippen LogP contribution in [0.3, 0.4) is 0 Å². The second kappa shape index (κ2) is 6.88. The Labute approximate surface area is 128 Å². The van der Waals surface area contributed by atoms with Crippen LogP contribution in [0.1, 0.15) is 22.7 Å². The highest BCUT2D eigenvalue weighted by Crippen LogP contribution is 2.27.